The minimum absolute atomic E-state index is 0.0541. The van der Waals surface area contributed by atoms with Gasteiger partial charge in [-0.3, -0.25) is 4.79 Å². The molecule has 5 atom stereocenters. The van der Waals surface area contributed by atoms with Crippen molar-refractivity contribution in [1.82, 2.24) is 0 Å². The second-order valence-corrected chi connectivity index (χ2v) is 3.77. The molecule has 0 spiro atoms. The minimum atomic E-state index is -1.40. The van der Waals surface area contributed by atoms with Gasteiger partial charge >= 0.3 is 0 Å². The summed E-state index contributed by atoms with van der Waals surface area (Å²) >= 11 is 0. The van der Waals surface area contributed by atoms with Crippen LogP contribution in [-0.4, -0.2) is 63.3 Å². The molecule has 1 aliphatic heterocycles. The number of rotatable bonds is 3. The Kier molecular flexibility index (Phi) is 4.18. The van der Waals surface area contributed by atoms with E-state index in [-0.39, 0.29) is 12.2 Å². The Morgan fingerprint density at radius 2 is 1.67 bits per heavy atom. The van der Waals surface area contributed by atoms with Gasteiger partial charge in [-0.1, -0.05) is 0 Å². The van der Waals surface area contributed by atoms with E-state index < -0.39 is 37.1 Å². The molecule has 0 amide bonds. The number of Topliss-reactive ketones (excluding diaryl/α,β-unsaturated/α-hetero) is 1. The topological polar surface area (TPSA) is 107 Å². The van der Waals surface area contributed by atoms with E-state index in [2.05, 4.69) is 0 Å². The lowest BCUT2D eigenvalue weighted by molar-refractivity contribution is -0.229. The highest BCUT2D eigenvalue weighted by Gasteiger charge is 2.43. The molecule has 6 heteroatoms. The molecule has 4 N–H and O–H groups in total. The summed E-state index contributed by atoms with van der Waals surface area (Å²) in [5.41, 5.74) is 0. The zero-order valence-electron chi connectivity index (χ0n) is 8.41. The molecule has 1 aliphatic rings. The molecule has 1 saturated heterocycles. The molecule has 0 aliphatic carbocycles. The summed E-state index contributed by atoms with van der Waals surface area (Å²) in [7, 11) is 0. The highest BCUT2D eigenvalue weighted by molar-refractivity contribution is 5.76. The van der Waals surface area contributed by atoms with Crippen molar-refractivity contribution in [2.45, 2.75) is 43.9 Å². The van der Waals surface area contributed by atoms with Crippen LogP contribution in [0.15, 0.2) is 0 Å². The lowest BCUT2D eigenvalue weighted by atomic mass is 9.93. The SMILES string of the molecule is CC(=O)C[C@@H]1O[C@H](CO)[C@@H](O)[C@H](O)[C@@H]1O. The van der Waals surface area contributed by atoms with Gasteiger partial charge in [0.1, 0.15) is 30.2 Å². The first kappa shape index (κ1) is 12.5. The molecule has 0 radical (unpaired) electrons. The summed E-state index contributed by atoms with van der Waals surface area (Å²) < 4.78 is 5.11. The highest BCUT2D eigenvalue weighted by atomic mass is 16.5. The van der Waals surface area contributed by atoms with Crippen LogP contribution in [0.2, 0.25) is 0 Å². The quantitative estimate of drug-likeness (QED) is 0.430. The third-order valence-electron chi connectivity index (χ3n) is 2.48. The Morgan fingerprint density at radius 1 is 1.13 bits per heavy atom. The van der Waals surface area contributed by atoms with Gasteiger partial charge in [0.15, 0.2) is 0 Å². The normalized spacial score (nSPS) is 41.5. The molecule has 0 aromatic heterocycles. The van der Waals surface area contributed by atoms with Crippen molar-refractivity contribution < 1.29 is 30.0 Å². The van der Waals surface area contributed by atoms with Crippen LogP contribution in [0.3, 0.4) is 0 Å². The van der Waals surface area contributed by atoms with Gasteiger partial charge in [-0.15, -0.1) is 0 Å². The predicted octanol–water partition coefficient (Wildman–Crippen LogP) is -2.19. The molecular weight excluding hydrogens is 204 g/mol. The summed E-state index contributed by atoms with van der Waals surface area (Å²) in [6, 6.07) is 0. The van der Waals surface area contributed by atoms with Crippen LogP contribution in [0.4, 0.5) is 0 Å². The minimum Gasteiger partial charge on any atom is -0.394 e. The van der Waals surface area contributed by atoms with Gasteiger partial charge in [0.25, 0.3) is 0 Å². The Bertz CT molecular complexity index is 229. The van der Waals surface area contributed by atoms with Gasteiger partial charge in [-0.05, 0) is 6.92 Å². The monoisotopic (exact) mass is 220 g/mol. The average Bonchev–Trinajstić information content (AvgIpc) is 2.18. The van der Waals surface area contributed by atoms with Crippen molar-refractivity contribution in [3.8, 4) is 0 Å². The summed E-state index contributed by atoms with van der Waals surface area (Å²) in [5, 5.41) is 37.2. The van der Waals surface area contributed by atoms with Crippen molar-refractivity contribution in [2.24, 2.45) is 0 Å². The van der Waals surface area contributed by atoms with Crippen LogP contribution in [0.5, 0.6) is 0 Å². The van der Waals surface area contributed by atoms with E-state index in [9.17, 15) is 20.1 Å². The summed E-state index contributed by atoms with van der Waals surface area (Å²) in [6.07, 6.45) is -5.95. The molecule has 0 saturated carbocycles. The van der Waals surface area contributed by atoms with E-state index in [1.165, 1.54) is 6.92 Å². The van der Waals surface area contributed by atoms with E-state index in [1.807, 2.05) is 0 Å². The van der Waals surface area contributed by atoms with Gasteiger partial charge in [-0.2, -0.15) is 0 Å². The molecule has 15 heavy (non-hydrogen) atoms. The zero-order chi connectivity index (χ0) is 11.6. The lowest BCUT2D eigenvalue weighted by Gasteiger charge is -2.39. The van der Waals surface area contributed by atoms with Crippen LogP contribution in [-0.2, 0) is 9.53 Å². The molecule has 88 valence electrons. The van der Waals surface area contributed by atoms with Gasteiger partial charge in [0.2, 0.25) is 0 Å². The second-order valence-electron chi connectivity index (χ2n) is 3.77. The van der Waals surface area contributed by atoms with Crippen molar-refractivity contribution in [2.75, 3.05) is 6.61 Å². The Hall–Kier alpha value is -0.530. The maximum Gasteiger partial charge on any atom is 0.132 e. The van der Waals surface area contributed by atoms with Crippen LogP contribution in [0.25, 0.3) is 0 Å². The molecule has 0 bridgehead atoms. The average molecular weight is 220 g/mol. The third kappa shape index (κ3) is 2.73. The van der Waals surface area contributed by atoms with E-state index in [0.717, 1.165) is 0 Å². The van der Waals surface area contributed by atoms with Gasteiger partial charge < -0.3 is 25.2 Å². The second kappa shape index (κ2) is 5.00. The first-order valence-corrected chi connectivity index (χ1v) is 4.77. The van der Waals surface area contributed by atoms with Gasteiger partial charge in [-0.25, -0.2) is 0 Å². The third-order valence-corrected chi connectivity index (χ3v) is 2.48. The number of hydrogen-bond acceptors (Lipinski definition) is 6. The van der Waals surface area contributed by atoms with Crippen LogP contribution < -0.4 is 0 Å². The number of ketones is 1. The highest BCUT2D eigenvalue weighted by Crippen LogP contribution is 2.23. The van der Waals surface area contributed by atoms with Crippen molar-refractivity contribution in [3.63, 3.8) is 0 Å². The van der Waals surface area contributed by atoms with Crippen LogP contribution >= 0.6 is 0 Å². The number of ether oxygens (including phenoxy) is 1. The number of aliphatic hydroxyl groups excluding tert-OH is 4. The largest absolute Gasteiger partial charge is 0.394 e. The number of carbonyl (C=O) groups excluding carboxylic acids is 1. The molecule has 6 nitrogen and oxygen atoms in total. The molecule has 1 heterocycles. The van der Waals surface area contributed by atoms with E-state index in [1.54, 1.807) is 0 Å². The summed E-state index contributed by atoms with van der Waals surface area (Å²) in [4.78, 5) is 10.8. The van der Waals surface area contributed by atoms with Gasteiger partial charge in [0, 0.05) is 6.42 Å². The first-order valence-electron chi connectivity index (χ1n) is 4.77. The zero-order valence-corrected chi connectivity index (χ0v) is 8.41. The van der Waals surface area contributed by atoms with Crippen molar-refractivity contribution >= 4 is 5.78 Å². The number of carbonyl (C=O) groups is 1. The smallest absolute Gasteiger partial charge is 0.132 e. The number of aliphatic hydroxyl groups is 4. The maximum absolute atomic E-state index is 10.8. The molecule has 1 fully saturated rings. The van der Waals surface area contributed by atoms with E-state index in [4.69, 9.17) is 9.84 Å². The molecular formula is C9H16O6. The van der Waals surface area contributed by atoms with Crippen LogP contribution in [0, 0.1) is 0 Å². The van der Waals surface area contributed by atoms with Crippen LogP contribution in [0.1, 0.15) is 13.3 Å². The fourth-order valence-corrected chi connectivity index (χ4v) is 1.63. The van der Waals surface area contributed by atoms with Crippen molar-refractivity contribution in [1.29, 1.82) is 0 Å². The summed E-state index contributed by atoms with van der Waals surface area (Å²) in [5.74, 6) is -0.195. The first-order chi connectivity index (χ1) is 6.97. The fourth-order valence-electron chi connectivity index (χ4n) is 1.63. The predicted molar refractivity (Wildman–Crippen MR) is 49.1 cm³/mol. The number of hydrogen-bond donors (Lipinski definition) is 4. The standard InChI is InChI=1S/C9H16O6/c1-4(11)2-5-7(12)9(14)8(13)6(3-10)15-5/h5-10,12-14H,2-3H2,1H3/t5-,6+,7+,8+,9+/m0/s1. The van der Waals surface area contributed by atoms with Crippen molar-refractivity contribution in [3.05, 3.63) is 0 Å². The Labute approximate surface area is 87.1 Å². The Morgan fingerprint density at radius 3 is 2.13 bits per heavy atom. The van der Waals surface area contributed by atoms with E-state index in [0.29, 0.717) is 0 Å². The molecule has 1 rings (SSSR count). The lowest BCUT2D eigenvalue weighted by Crippen LogP contribution is -2.58. The Balaban J connectivity index is 2.69. The maximum atomic E-state index is 10.8. The molecule has 0 aromatic carbocycles. The molecule has 0 unspecified atom stereocenters. The van der Waals surface area contributed by atoms with E-state index >= 15 is 0 Å². The molecule has 0 aromatic rings. The van der Waals surface area contributed by atoms with Gasteiger partial charge in [0.05, 0.1) is 12.7 Å². The summed E-state index contributed by atoms with van der Waals surface area (Å²) in [6.45, 7) is 0.862. The fraction of sp³-hybridized carbons (Fsp3) is 0.889.